The van der Waals surface area contributed by atoms with E-state index in [0.717, 1.165) is 5.56 Å². The molecule has 0 saturated carbocycles. The predicted octanol–water partition coefficient (Wildman–Crippen LogP) is 4.93. The van der Waals surface area contributed by atoms with Crippen LogP contribution in [0.1, 0.15) is 44.4 Å². The third-order valence-corrected chi connectivity index (χ3v) is 4.33. The number of aryl methyl sites for hydroxylation is 1. The quantitative estimate of drug-likeness (QED) is 0.375. The molecule has 1 amide bonds. The number of nitrogens with zero attached hydrogens (tertiary/aromatic N) is 3. The highest BCUT2D eigenvalue weighted by Crippen LogP contribution is 2.26. The van der Waals surface area contributed by atoms with Crippen molar-refractivity contribution in [1.29, 1.82) is 0 Å². The van der Waals surface area contributed by atoms with Gasteiger partial charge in [0.05, 0.1) is 18.2 Å². The number of ether oxygens (including phenoxy) is 1. The summed E-state index contributed by atoms with van der Waals surface area (Å²) in [6, 6.07) is 17.2. The second-order valence-electron chi connectivity index (χ2n) is 7.82. The molecule has 2 N–H and O–H groups in total. The average molecular weight is 396 g/mol. The van der Waals surface area contributed by atoms with Gasteiger partial charge in [-0.05, 0) is 50.3 Å². The summed E-state index contributed by atoms with van der Waals surface area (Å²) in [5.41, 5.74) is 10.2. The fourth-order valence-corrected chi connectivity index (χ4v) is 3.02. The van der Waals surface area contributed by atoms with Crippen LogP contribution in [0.4, 0.5) is 4.79 Å². The van der Waals surface area contributed by atoms with Crippen LogP contribution in [0, 0.1) is 0 Å². The standard InChI is InChI=1S/C22H28N4O3/c1-22(2,3)29-21(28)24-20(18(27)15-14-16-10-6-4-7-11-16)19(25-26-23)17-12-8-5-9-13-17/h4-13,18-20,27H,14-15H2,1-3H3,(H,24,28). The molecule has 0 heterocycles. The number of hydrogen-bond acceptors (Lipinski definition) is 4. The van der Waals surface area contributed by atoms with E-state index in [0.29, 0.717) is 18.4 Å². The van der Waals surface area contributed by atoms with Crippen molar-refractivity contribution in [3.8, 4) is 0 Å². The monoisotopic (exact) mass is 396 g/mol. The minimum absolute atomic E-state index is 0.384. The smallest absolute Gasteiger partial charge is 0.407 e. The van der Waals surface area contributed by atoms with Crippen LogP contribution in [0.3, 0.4) is 0 Å². The first-order valence-electron chi connectivity index (χ1n) is 9.61. The van der Waals surface area contributed by atoms with Crippen LogP contribution in [0.2, 0.25) is 0 Å². The zero-order valence-electron chi connectivity index (χ0n) is 17.0. The Labute approximate surface area is 171 Å². The highest BCUT2D eigenvalue weighted by molar-refractivity contribution is 5.68. The fraction of sp³-hybridized carbons (Fsp3) is 0.409. The Morgan fingerprint density at radius 3 is 2.28 bits per heavy atom. The van der Waals surface area contributed by atoms with Gasteiger partial charge < -0.3 is 15.2 Å². The molecule has 0 aliphatic rings. The van der Waals surface area contributed by atoms with Gasteiger partial charge in [0.15, 0.2) is 0 Å². The summed E-state index contributed by atoms with van der Waals surface area (Å²) in [6.45, 7) is 5.28. The lowest BCUT2D eigenvalue weighted by Crippen LogP contribution is -2.48. The first-order valence-corrected chi connectivity index (χ1v) is 9.61. The van der Waals surface area contributed by atoms with E-state index >= 15 is 0 Å². The van der Waals surface area contributed by atoms with Crippen molar-refractivity contribution in [3.05, 3.63) is 82.2 Å². The molecule has 0 aromatic heterocycles. The van der Waals surface area contributed by atoms with Crippen molar-refractivity contribution in [2.24, 2.45) is 5.11 Å². The van der Waals surface area contributed by atoms with Gasteiger partial charge in [0.1, 0.15) is 5.60 Å². The Bertz CT molecular complexity index is 815. The van der Waals surface area contributed by atoms with Crippen LogP contribution in [0.25, 0.3) is 10.4 Å². The van der Waals surface area contributed by atoms with E-state index in [4.69, 9.17) is 10.3 Å². The van der Waals surface area contributed by atoms with Gasteiger partial charge in [-0.3, -0.25) is 0 Å². The number of hydrogen-bond donors (Lipinski definition) is 2. The molecular formula is C22H28N4O3. The lowest BCUT2D eigenvalue weighted by Gasteiger charge is -2.30. The molecule has 0 bridgehead atoms. The molecule has 0 aliphatic heterocycles. The van der Waals surface area contributed by atoms with Gasteiger partial charge in [-0.2, -0.15) is 0 Å². The molecule has 2 aromatic carbocycles. The molecule has 0 saturated heterocycles. The second-order valence-corrected chi connectivity index (χ2v) is 7.82. The van der Waals surface area contributed by atoms with Crippen LogP contribution >= 0.6 is 0 Å². The Kier molecular flexibility index (Phi) is 8.07. The summed E-state index contributed by atoms with van der Waals surface area (Å²) in [4.78, 5) is 15.3. The lowest BCUT2D eigenvalue weighted by molar-refractivity contribution is 0.0387. The summed E-state index contributed by atoms with van der Waals surface area (Å²) in [5, 5.41) is 17.5. The molecule has 0 fully saturated rings. The van der Waals surface area contributed by atoms with Crippen molar-refractivity contribution in [2.75, 3.05) is 0 Å². The third kappa shape index (κ3) is 7.49. The molecule has 0 aliphatic carbocycles. The molecule has 2 aromatic rings. The molecule has 0 radical (unpaired) electrons. The van der Waals surface area contributed by atoms with Crippen molar-refractivity contribution in [3.63, 3.8) is 0 Å². The summed E-state index contributed by atoms with van der Waals surface area (Å²) >= 11 is 0. The fourth-order valence-electron chi connectivity index (χ4n) is 3.02. The zero-order chi connectivity index (χ0) is 21.3. The number of amides is 1. The van der Waals surface area contributed by atoms with Crippen LogP contribution in [-0.4, -0.2) is 28.9 Å². The van der Waals surface area contributed by atoms with Gasteiger partial charge in [-0.25, -0.2) is 4.79 Å². The molecule has 2 rings (SSSR count). The number of rotatable bonds is 8. The number of benzene rings is 2. The number of carbonyl (C=O) groups is 1. The van der Waals surface area contributed by atoms with Crippen molar-refractivity contribution < 1.29 is 14.6 Å². The SMILES string of the molecule is CC(C)(C)OC(=O)NC(C(O)CCc1ccccc1)C(N=[N+]=[N-])c1ccccc1. The van der Waals surface area contributed by atoms with Crippen LogP contribution < -0.4 is 5.32 Å². The van der Waals surface area contributed by atoms with Crippen molar-refractivity contribution >= 4 is 6.09 Å². The highest BCUT2D eigenvalue weighted by atomic mass is 16.6. The van der Waals surface area contributed by atoms with Crippen LogP contribution in [0.15, 0.2) is 65.8 Å². The molecule has 29 heavy (non-hydrogen) atoms. The average Bonchev–Trinajstić information content (AvgIpc) is 2.69. The largest absolute Gasteiger partial charge is 0.444 e. The summed E-state index contributed by atoms with van der Waals surface area (Å²) in [7, 11) is 0. The van der Waals surface area contributed by atoms with Crippen molar-refractivity contribution in [1.82, 2.24) is 5.32 Å². The predicted molar refractivity (Wildman–Crippen MR) is 112 cm³/mol. The summed E-state index contributed by atoms with van der Waals surface area (Å²) < 4.78 is 5.35. The van der Waals surface area contributed by atoms with Gasteiger partial charge in [-0.15, -0.1) is 0 Å². The molecule has 0 spiro atoms. The minimum atomic E-state index is -0.946. The Morgan fingerprint density at radius 2 is 1.72 bits per heavy atom. The molecule has 7 heteroatoms. The van der Waals surface area contributed by atoms with E-state index in [9.17, 15) is 9.90 Å². The van der Waals surface area contributed by atoms with Gasteiger partial charge in [0, 0.05) is 4.91 Å². The summed E-state index contributed by atoms with van der Waals surface area (Å²) in [6.07, 6.45) is -0.616. The molecule has 7 nitrogen and oxygen atoms in total. The molecule has 3 atom stereocenters. The number of carbonyl (C=O) groups excluding carboxylic acids is 1. The van der Waals surface area contributed by atoms with E-state index in [-0.39, 0.29) is 0 Å². The van der Waals surface area contributed by atoms with E-state index < -0.39 is 29.9 Å². The van der Waals surface area contributed by atoms with Gasteiger partial charge >= 0.3 is 6.09 Å². The van der Waals surface area contributed by atoms with Crippen LogP contribution in [0.5, 0.6) is 0 Å². The molecule has 3 unspecified atom stereocenters. The van der Waals surface area contributed by atoms with Gasteiger partial charge in [0.25, 0.3) is 0 Å². The van der Waals surface area contributed by atoms with Gasteiger partial charge in [-0.1, -0.05) is 65.8 Å². The van der Waals surface area contributed by atoms with E-state index in [2.05, 4.69) is 15.3 Å². The first kappa shape index (κ1) is 22.3. The lowest BCUT2D eigenvalue weighted by atomic mass is 9.92. The zero-order valence-corrected chi connectivity index (χ0v) is 17.0. The van der Waals surface area contributed by atoms with E-state index in [1.54, 1.807) is 32.9 Å². The number of nitrogens with one attached hydrogen (secondary N) is 1. The second kappa shape index (κ2) is 10.5. The number of alkyl carbamates (subject to hydrolysis) is 1. The van der Waals surface area contributed by atoms with E-state index in [1.807, 2.05) is 48.5 Å². The minimum Gasteiger partial charge on any atom is -0.444 e. The topological polar surface area (TPSA) is 107 Å². The third-order valence-electron chi connectivity index (χ3n) is 4.33. The van der Waals surface area contributed by atoms with E-state index in [1.165, 1.54) is 0 Å². The molecular weight excluding hydrogens is 368 g/mol. The van der Waals surface area contributed by atoms with Crippen molar-refractivity contribution in [2.45, 2.75) is 57.4 Å². The number of aliphatic hydroxyl groups excluding tert-OH is 1. The van der Waals surface area contributed by atoms with Crippen LogP contribution in [-0.2, 0) is 11.2 Å². The normalized spacial score (nSPS) is 14.2. The Hall–Kier alpha value is -3.02. The highest BCUT2D eigenvalue weighted by Gasteiger charge is 2.32. The number of azide groups is 1. The first-order chi connectivity index (χ1) is 13.8. The Balaban J connectivity index is 2.25. The maximum atomic E-state index is 12.4. The van der Waals surface area contributed by atoms with Gasteiger partial charge in [0.2, 0.25) is 0 Å². The number of aliphatic hydroxyl groups is 1. The molecule has 154 valence electrons. The maximum Gasteiger partial charge on any atom is 0.407 e. The summed E-state index contributed by atoms with van der Waals surface area (Å²) in [5.74, 6) is 0. The Morgan fingerprint density at radius 1 is 1.14 bits per heavy atom. The maximum absolute atomic E-state index is 12.4.